The lowest BCUT2D eigenvalue weighted by molar-refractivity contribution is -0.142. The van der Waals surface area contributed by atoms with Crippen molar-refractivity contribution in [2.24, 2.45) is 5.92 Å². The van der Waals surface area contributed by atoms with Crippen molar-refractivity contribution < 1.29 is 9.90 Å². The number of nitrogens with zero attached hydrogens (tertiary/aromatic N) is 4. The number of pyridine rings is 1. The van der Waals surface area contributed by atoms with E-state index in [0.29, 0.717) is 24.3 Å². The number of halogens is 1. The Balaban J connectivity index is 1.48. The molecule has 0 radical (unpaired) electrons. The molecular weight excluding hydrogens is 480 g/mol. The molecule has 2 aliphatic rings. The summed E-state index contributed by atoms with van der Waals surface area (Å²) in [6.07, 6.45) is 6.52. The minimum atomic E-state index is -0.708. The number of nitrogens with one attached hydrogen (secondary N) is 1. The Kier molecular flexibility index (Phi) is 5.61. The summed E-state index contributed by atoms with van der Waals surface area (Å²) in [5.74, 6) is 0.797. The van der Waals surface area contributed by atoms with Crippen molar-refractivity contribution >= 4 is 45.1 Å². The number of hydrogen-bond acceptors (Lipinski definition) is 7. The predicted molar refractivity (Wildman–Crippen MR) is 124 cm³/mol. The van der Waals surface area contributed by atoms with Crippen LogP contribution < -0.4 is 11.1 Å². The van der Waals surface area contributed by atoms with Crippen molar-refractivity contribution in [1.82, 2.24) is 24.9 Å². The SMILES string of the molecule is Nc1c(Br)c(C2CCC(C(=O)O)CC2)nc2c(-c3ccc(C4NCCS4)nc3)cnn12. The Hall–Kier alpha value is -2.17. The van der Waals surface area contributed by atoms with Crippen LogP contribution >= 0.6 is 27.7 Å². The van der Waals surface area contributed by atoms with Gasteiger partial charge in [0.05, 0.1) is 33.3 Å². The molecule has 10 heteroatoms. The van der Waals surface area contributed by atoms with E-state index in [9.17, 15) is 9.90 Å². The van der Waals surface area contributed by atoms with E-state index in [4.69, 9.17) is 10.7 Å². The monoisotopic (exact) mass is 502 g/mol. The quantitative estimate of drug-likeness (QED) is 0.492. The number of nitrogens with two attached hydrogens (primary N) is 1. The average Bonchev–Trinajstić information content (AvgIpc) is 3.47. The van der Waals surface area contributed by atoms with Gasteiger partial charge in [-0.1, -0.05) is 6.07 Å². The molecule has 1 saturated heterocycles. The summed E-state index contributed by atoms with van der Waals surface area (Å²) in [6.45, 7) is 1.00. The fourth-order valence-electron chi connectivity index (χ4n) is 4.44. The van der Waals surface area contributed by atoms with Crippen LogP contribution in [0.4, 0.5) is 5.82 Å². The van der Waals surface area contributed by atoms with E-state index in [1.807, 2.05) is 24.0 Å². The van der Waals surface area contributed by atoms with E-state index in [1.165, 1.54) is 0 Å². The topological polar surface area (TPSA) is 118 Å². The lowest BCUT2D eigenvalue weighted by Crippen LogP contribution is -2.21. The number of aromatic nitrogens is 4. The highest BCUT2D eigenvalue weighted by atomic mass is 79.9. The molecule has 4 N–H and O–H groups in total. The normalized spacial score (nSPS) is 24.0. The molecule has 0 bridgehead atoms. The van der Waals surface area contributed by atoms with Crippen molar-refractivity contribution in [3.05, 3.63) is 40.4 Å². The Bertz CT molecular complexity index is 1120. The lowest BCUT2D eigenvalue weighted by Gasteiger charge is -2.26. The van der Waals surface area contributed by atoms with Crippen LogP contribution in [0.5, 0.6) is 0 Å². The van der Waals surface area contributed by atoms with Crippen LogP contribution in [0.15, 0.2) is 29.0 Å². The average molecular weight is 503 g/mol. The number of rotatable bonds is 4. The summed E-state index contributed by atoms with van der Waals surface area (Å²) in [7, 11) is 0. The number of carbonyl (C=O) groups is 1. The highest BCUT2D eigenvalue weighted by Gasteiger charge is 2.30. The summed E-state index contributed by atoms with van der Waals surface area (Å²) in [6, 6.07) is 4.10. The van der Waals surface area contributed by atoms with Crippen LogP contribution in [0.2, 0.25) is 0 Å². The third-order valence-electron chi connectivity index (χ3n) is 6.19. The molecule has 1 aliphatic carbocycles. The Morgan fingerprint density at radius 1 is 1.26 bits per heavy atom. The number of anilines is 1. The second-order valence-electron chi connectivity index (χ2n) is 8.05. The van der Waals surface area contributed by atoms with Crippen molar-refractivity contribution in [2.45, 2.75) is 37.0 Å². The van der Waals surface area contributed by atoms with Gasteiger partial charge in [0.25, 0.3) is 0 Å². The highest BCUT2D eigenvalue weighted by Crippen LogP contribution is 2.40. The largest absolute Gasteiger partial charge is 0.481 e. The molecule has 1 atom stereocenters. The second-order valence-corrected chi connectivity index (χ2v) is 10.1. The van der Waals surface area contributed by atoms with E-state index >= 15 is 0 Å². The fourth-order valence-corrected chi connectivity index (χ4v) is 6.03. The molecule has 8 nitrogen and oxygen atoms in total. The molecule has 0 aromatic carbocycles. The summed E-state index contributed by atoms with van der Waals surface area (Å²) >= 11 is 5.47. The third kappa shape index (κ3) is 3.81. The Morgan fingerprint density at radius 2 is 2.06 bits per heavy atom. The van der Waals surface area contributed by atoms with Gasteiger partial charge in [-0.2, -0.15) is 9.61 Å². The van der Waals surface area contributed by atoms with Crippen molar-refractivity contribution in [3.8, 4) is 11.1 Å². The number of nitrogen functional groups attached to an aromatic ring is 1. The maximum absolute atomic E-state index is 11.3. The van der Waals surface area contributed by atoms with E-state index in [0.717, 1.165) is 52.1 Å². The van der Waals surface area contributed by atoms with Crippen LogP contribution in [0.3, 0.4) is 0 Å². The zero-order valence-corrected chi connectivity index (χ0v) is 19.2. The van der Waals surface area contributed by atoms with Gasteiger partial charge in [-0.3, -0.25) is 15.1 Å². The van der Waals surface area contributed by atoms with Gasteiger partial charge in [0.2, 0.25) is 0 Å². The van der Waals surface area contributed by atoms with Gasteiger partial charge in [0.1, 0.15) is 5.82 Å². The van der Waals surface area contributed by atoms with Gasteiger partial charge in [-0.05, 0) is 47.7 Å². The van der Waals surface area contributed by atoms with Gasteiger partial charge in [-0.15, -0.1) is 11.8 Å². The molecule has 3 aromatic rings. The van der Waals surface area contributed by atoms with Crippen LogP contribution in [0.1, 0.15) is 48.4 Å². The fraction of sp³-hybridized carbons (Fsp3) is 0.429. The first-order valence-corrected chi connectivity index (χ1v) is 12.2. The molecule has 1 aliphatic heterocycles. The number of aliphatic carboxylic acids is 1. The first-order chi connectivity index (χ1) is 15.0. The number of carboxylic acid groups (broad SMARTS) is 1. The zero-order chi connectivity index (χ0) is 21.5. The van der Waals surface area contributed by atoms with Gasteiger partial charge >= 0.3 is 5.97 Å². The van der Waals surface area contributed by atoms with E-state index in [-0.39, 0.29) is 17.2 Å². The molecule has 4 heterocycles. The second kappa shape index (κ2) is 8.40. The molecule has 3 aromatic heterocycles. The Morgan fingerprint density at radius 3 is 2.71 bits per heavy atom. The zero-order valence-electron chi connectivity index (χ0n) is 16.8. The molecule has 0 spiro atoms. The summed E-state index contributed by atoms with van der Waals surface area (Å²) in [5, 5.41) is 17.4. The molecule has 1 saturated carbocycles. The van der Waals surface area contributed by atoms with Gasteiger partial charge in [0, 0.05) is 35.5 Å². The summed E-state index contributed by atoms with van der Waals surface area (Å²) in [5.41, 5.74) is 10.8. The lowest BCUT2D eigenvalue weighted by atomic mass is 9.80. The van der Waals surface area contributed by atoms with Gasteiger partial charge < -0.3 is 10.8 Å². The highest BCUT2D eigenvalue weighted by molar-refractivity contribution is 9.10. The van der Waals surface area contributed by atoms with Crippen LogP contribution in [0, 0.1) is 5.92 Å². The van der Waals surface area contributed by atoms with Crippen molar-refractivity contribution in [2.75, 3.05) is 18.0 Å². The van der Waals surface area contributed by atoms with Crippen molar-refractivity contribution in [3.63, 3.8) is 0 Å². The minimum absolute atomic E-state index is 0.172. The molecule has 1 unspecified atom stereocenters. The van der Waals surface area contributed by atoms with Gasteiger partial charge in [-0.25, -0.2) is 4.98 Å². The first-order valence-electron chi connectivity index (χ1n) is 10.4. The maximum atomic E-state index is 11.3. The van der Waals surface area contributed by atoms with Crippen LogP contribution in [-0.2, 0) is 4.79 Å². The van der Waals surface area contributed by atoms with E-state index in [2.05, 4.69) is 37.4 Å². The minimum Gasteiger partial charge on any atom is -0.481 e. The number of thioether (sulfide) groups is 1. The molecule has 31 heavy (non-hydrogen) atoms. The number of hydrogen-bond donors (Lipinski definition) is 3. The van der Waals surface area contributed by atoms with Crippen LogP contribution in [0.25, 0.3) is 16.8 Å². The van der Waals surface area contributed by atoms with E-state index < -0.39 is 5.97 Å². The maximum Gasteiger partial charge on any atom is 0.306 e. The number of fused-ring (bicyclic) bond motifs is 1. The number of carboxylic acids is 1. The molecule has 0 amide bonds. The van der Waals surface area contributed by atoms with Crippen molar-refractivity contribution in [1.29, 1.82) is 0 Å². The summed E-state index contributed by atoms with van der Waals surface area (Å²) < 4.78 is 2.39. The molecule has 2 fully saturated rings. The predicted octanol–water partition coefficient (Wildman–Crippen LogP) is 3.83. The third-order valence-corrected chi connectivity index (χ3v) is 8.19. The van der Waals surface area contributed by atoms with E-state index in [1.54, 1.807) is 10.7 Å². The smallest absolute Gasteiger partial charge is 0.306 e. The molecular formula is C21H23BrN6O2S. The van der Waals surface area contributed by atoms with Gasteiger partial charge in [0.15, 0.2) is 5.65 Å². The summed E-state index contributed by atoms with van der Waals surface area (Å²) in [4.78, 5) is 20.9. The first kappa shape index (κ1) is 20.7. The standard InChI is InChI=1S/C21H23BrN6O2S/c22-16-17(11-1-3-12(4-2-11)21(29)30)27-19-14(10-26-28(19)18(16)23)13-5-6-15(25-9-13)20-24-7-8-31-20/h5-6,9-12,20,24H,1-4,7-8,23H2,(H,29,30). The van der Waals surface area contributed by atoms with Crippen LogP contribution in [-0.4, -0.2) is 43.0 Å². The molecule has 5 rings (SSSR count). The molecule has 162 valence electrons. The Labute approximate surface area is 192 Å².